The Morgan fingerprint density at radius 1 is 1.02 bits per heavy atom. The SMILES string of the molecule is C=C1C(Cc2ccc(-c3ccccc3-c3nn[nH]n3)cc2)=C(CCCC)N=C(C)N1c1ncc(OCCSC)cn1. The molecular weight excluding hydrogens is 532 g/mol. The summed E-state index contributed by atoms with van der Waals surface area (Å²) in [6.07, 6.45) is 9.24. The monoisotopic (exact) mass is 566 g/mol. The Morgan fingerprint density at radius 3 is 2.46 bits per heavy atom. The lowest BCUT2D eigenvalue weighted by molar-refractivity contribution is 0.341. The highest BCUT2D eigenvalue weighted by atomic mass is 32.2. The average molecular weight is 567 g/mol. The van der Waals surface area contributed by atoms with Gasteiger partial charge in [-0.15, -0.1) is 10.2 Å². The second-order valence-corrected chi connectivity index (χ2v) is 10.7. The van der Waals surface area contributed by atoms with Crippen LogP contribution < -0.4 is 9.64 Å². The van der Waals surface area contributed by atoms with Crippen molar-refractivity contribution in [3.05, 3.63) is 90.0 Å². The summed E-state index contributed by atoms with van der Waals surface area (Å²) in [5.74, 6) is 3.49. The van der Waals surface area contributed by atoms with Gasteiger partial charge in [-0.3, -0.25) is 4.90 Å². The molecule has 0 amide bonds. The molecule has 0 saturated carbocycles. The summed E-state index contributed by atoms with van der Waals surface area (Å²) in [4.78, 5) is 16.1. The zero-order chi connectivity index (χ0) is 28.6. The van der Waals surface area contributed by atoms with Gasteiger partial charge in [0.2, 0.25) is 11.8 Å². The maximum atomic E-state index is 5.74. The van der Waals surface area contributed by atoms with Crippen molar-refractivity contribution in [3.63, 3.8) is 0 Å². The van der Waals surface area contributed by atoms with E-state index in [9.17, 15) is 0 Å². The molecule has 0 radical (unpaired) electrons. The number of aliphatic imine (C=N–C) groups is 1. The molecule has 0 atom stereocenters. The van der Waals surface area contributed by atoms with E-state index in [4.69, 9.17) is 9.73 Å². The van der Waals surface area contributed by atoms with Crippen LogP contribution in [0.25, 0.3) is 22.5 Å². The van der Waals surface area contributed by atoms with E-state index in [1.807, 2.05) is 30.0 Å². The number of amidine groups is 1. The number of nitrogens with one attached hydrogen (secondary N) is 1. The van der Waals surface area contributed by atoms with Crippen LogP contribution in [-0.4, -0.2) is 55.0 Å². The van der Waals surface area contributed by atoms with Crippen molar-refractivity contribution >= 4 is 23.5 Å². The van der Waals surface area contributed by atoms with Gasteiger partial charge in [-0.25, -0.2) is 15.0 Å². The van der Waals surface area contributed by atoms with E-state index in [0.29, 0.717) is 30.5 Å². The summed E-state index contributed by atoms with van der Waals surface area (Å²) < 4.78 is 5.74. The quantitative estimate of drug-likeness (QED) is 0.194. The number of aromatic amines is 1. The number of H-pyrrole nitrogens is 1. The highest BCUT2D eigenvalue weighted by molar-refractivity contribution is 7.98. The van der Waals surface area contributed by atoms with Crippen LogP contribution in [0.3, 0.4) is 0 Å². The lowest BCUT2D eigenvalue weighted by Gasteiger charge is -2.31. The van der Waals surface area contributed by atoms with Crippen molar-refractivity contribution in [2.24, 2.45) is 4.99 Å². The number of allylic oxidation sites excluding steroid dienone is 2. The predicted molar refractivity (Wildman–Crippen MR) is 166 cm³/mol. The second kappa shape index (κ2) is 13.4. The lowest BCUT2D eigenvalue weighted by Crippen LogP contribution is -2.33. The summed E-state index contributed by atoms with van der Waals surface area (Å²) in [6.45, 7) is 9.30. The Balaban J connectivity index is 1.40. The molecule has 2 aromatic heterocycles. The highest BCUT2D eigenvalue weighted by Crippen LogP contribution is 2.34. The van der Waals surface area contributed by atoms with Gasteiger partial charge >= 0.3 is 0 Å². The third-order valence-corrected chi connectivity index (χ3v) is 7.46. The Labute approximate surface area is 244 Å². The van der Waals surface area contributed by atoms with Gasteiger partial charge in [-0.2, -0.15) is 17.0 Å². The number of rotatable bonds is 12. The van der Waals surface area contributed by atoms with Gasteiger partial charge in [-0.05, 0) is 47.9 Å². The fourth-order valence-electron chi connectivity index (χ4n) is 4.78. The molecule has 0 aliphatic carbocycles. The first-order valence-electron chi connectivity index (χ1n) is 13.7. The summed E-state index contributed by atoms with van der Waals surface area (Å²) in [7, 11) is 0. The number of tetrazole rings is 1. The van der Waals surface area contributed by atoms with Gasteiger partial charge in [0, 0.05) is 34.7 Å². The molecule has 3 heterocycles. The molecule has 4 aromatic rings. The first kappa shape index (κ1) is 28.2. The molecule has 210 valence electrons. The van der Waals surface area contributed by atoms with Crippen LogP contribution >= 0.6 is 11.8 Å². The van der Waals surface area contributed by atoms with Crippen LogP contribution in [0.2, 0.25) is 0 Å². The molecule has 9 nitrogen and oxygen atoms in total. The summed E-state index contributed by atoms with van der Waals surface area (Å²) in [5.41, 5.74) is 7.27. The summed E-state index contributed by atoms with van der Waals surface area (Å²) >= 11 is 1.74. The highest BCUT2D eigenvalue weighted by Gasteiger charge is 2.26. The lowest BCUT2D eigenvalue weighted by atomic mass is 9.94. The number of hydrogen-bond donors (Lipinski definition) is 1. The van der Waals surface area contributed by atoms with Crippen LogP contribution in [0.1, 0.15) is 38.7 Å². The van der Waals surface area contributed by atoms with Gasteiger partial charge in [0.1, 0.15) is 5.84 Å². The molecule has 0 unspecified atom stereocenters. The number of benzene rings is 2. The van der Waals surface area contributed by atoms with Gasteiger partial charge in [0.05, 0.1) is 19.0 Å². The second-order valence-electron chi connectivity index (χ2n) is 9.68. The zero-order valence-electron chi connectivity index (χ0n) is 23.7. The number of nitrogens with zero attached hydrogens (tertiary/aromatic N) is 7. The van der Waals surface area contributed by atoms with Crippen molar-refractivity contribution in [2.45, 2.75) is 39.5 Å². The van der Waals surface area contributed by atoms with Crippen molar-refractivity contribution < 1.29 is 4.74 Å². The Kier molecular flexibility index (Phi) is 9.20. The molecule has 1 N–H and O–H groups in total. The van der Waals surface area contributed by atoms with E-state index >= 15 is 0 Å². The molecule has 41 heavy (non-hydrogen) atoms. The number of ether oxygens (including phenoxy) is 1. The number of hydrogen-bond acceptors (Lipinski definition) is 9. The van der Waals surface area contributed by atoms with E-state index in [0.717, 1.165) is 64.5 Å². The minimum atomic E-state index is 0.536. The average Bonchev–Trinajstić information content (AvgIpc) is 3.54. The zero-order valence-corrected chi connectivity index (χ0v) is 24.5. The summed E-state index contributed by atoms with van der Waals surface area (Å²) in [6, 6.07) is 16.7. The Hall–Kier alpha value is -4.31. The standard InChI is InChI=1S/C31H34N8OS/c1-5-6-11-29-28(21(2)39(22(3)34-29)31-32-19-25(20-33-31)40-16-17-41-4)18-23-12-14-24(15-13-23)26-9-7-8-10-27(26)30-35-37-38-36-30/h7-10,12-15,19-20H,2,5-6,11,16-18H2,1,3-4H3,(H,35,36,37,38). The Bertz CT molecular complexity index is 1530. The predicted octanol–water partition coefficient (Wildman–Crippen LogP) is 6.50. The number of unbranched alkanes of at least 4 members (excludes halogenated alkanes) is 1. The summed E-state index contributed by atoms with van der Waals surface area (Å²) in [5, 5.41) is 14.6. The van der Waals surface area contributed by atoms with Gasteiger partial charge in [-0.1, -0.05) is 68.5 Å². The molecule has 1 aliphatic rings. The smallest absolute Gasteiger partial charge is 0.235 e. The molecule has 0 fully saturated rings. The van der Waals surface area contributed by atoms with Crippen LogP contribution in [-0.2, 0) is 6.42 Å². The van der Waals surface area contributed by atoms with E-state index < -0.39 is 0 Å². The fourth-order valence-corrected chi connectivity index (χ4v) is 5.03. The van der Waals surface area contributed by atoms with Crippen molar-refractivity contribution in [3.8, 4) is 28.3 Å². The Morgan fingerprint density at radius 2 is 1.78 bits per heavy atom. The first-order chi connectivity index (χ1) is 20.1. The van der Waals surface area contributed by atoms with E-state index in [2.05, 4.69) is 80.7 Å². The molecule has 0 spiro atoms. The minimum absolute atomic E-state index is 0.536. The fraction of sp³-hybridized carbons (Fsp3) is 0.290. The van der Waals surface area contributed by atoms with Gasteiger partial charge < -0.3 is 4.74 Å². The van der Waals surface area contributed by atoms with Crippen molar-refractivity contribution in [1.82, 2.24) is 30.6 Å². The van der Waals surface area contributed by atoms with Crippen molar-refractivity contribution in [2.75, 3.05) is 23.5 Å². The number of aromatic nitrogens is 6. The normalized spacial score (nSPS) is 13.5. The number of anilines is 1. The topological polar surface area (TPSA) is 105 Å². The molecule has 2 aromatic carbocycles. The molecular formula is C31H34N8OS. The third kappa shape index (κ3) is 6.54. The van der Waals surface area contributed by atoms with Crippen LogP contribution in [0.4, 0.5) is 5.95 Å². The van der Waals surface area contributed by atoms with E-state index in [-0.39, 0.29) is 0 Å². The van der Waals surface area contributed by atoms with E-state index in [1.165, 1.54) is 5.56 Å². The van der Waals surface area contributed by atoms with Crippen LogP contribution in [0.5, 0.6) is 5.75 Å². The molecule has 0 saturated heterocycles. The molecule has 10 heteroatoms. The number of thioether (sulfide) groups is 1. The van der Waals surface area contributed by atoms with Crippen LogP contribution in [0, 0.1) is 0 Å². The molecule has 1 aliphatic heterocycles. The third-order valence-electron chi connectivity index (χ3n) is 6.88. The van der Waals surface area contributed by atoms with Gasteiger partial charge in [0.15, 0.2) is 5.75 Å². The van der Waals surface area contributed by atoms with Gasteiger partial charge in [0.25, 0.3) is 0 Å². The maximum absolute atomic E-state index is 5.74. The van der Waals surface area contributed by atoms with Crippen LogP contribution in [0.15, 0.2) is 89.5 Å². The first-order valence-corrected chi connectivity index (χ1v) is 15.1. The van der Waals surface area contributed by atoms with E-state index in [1.54, 1.807) is 24.2 Å². The molecule has 5 rings (SSSR count). The largest absolute Gasteiger partial charge is 0.489 e. The van der Waals surface area contributed by atoms with Crippen molar-refractivity contribution in [1.29, 1.82) is 0 Å². The minimum Gasteiger partial charge on any atom is -0.489 e. The molecule has 0 bridgehead atoms. The maximum Gasteiger partial charge on any atom is 0.235 e.